The van der Waals surface area contributed by atoms with Crippen molar-refractivity contribution in [2.45, 2.75) is 63.8 Å². The highest BCUT2D eigenvalue weighted by Crippen LogP contribution is 2.48. The Labute approximate surface area is 222 Å². The smallest absolute Gasteiger partial charge is 0.227 e. The van der Waals surface area contributed by atoms with Gasteiger partial charge in [0.15, 0.2) is 0 Å². The summed E-state index contributed by atoms with van der Waals surface area (Å²) in [5, 5.41) is 0. The van der Waals surface area contributed by atoms with Gasteiger partial charge in [0.05, 0.1) is 7.11 Å². The summed E-state index contributed by atoms with van der Waals surface area (Å²) in [5.74, 6) is 1.09. The molecule has 0 radical (unpaired) electrons. The predicted octanol–water partition coefficient (Wildman–Crippen LogP) is 6.51. The molecule has 194 valence electrons. The number of benzene rings is 3. The molecule has 4 heteroatoms. The molecule has 1 saturated heterocycles. The summed E-state index contributed by atoms with van der Waals surface area (Å²) in [6.07, 6.45) is 3.41. The summed E-state index contributed by atoms with van der Waals surface area (Å²) >= 11 is 0. The number of carbonyl (C=O) groups is 1. The number of amides is 1. The SMILES string of the molecule is COc1ccc2c(c1)C1(CCN(Cc3ccc(C(C)(C)C)cc3)CC1)CN2C(=O)CCc1ccccc1. The monoisotopic (exact) mass is 496 g/mol. The molecule has 2 aliphatic heterocycles. The van der Waals surface area contributed by atoms with E-state index in [-0.39, 0.29) is 16.7 Å². The second-order valence-electron chi connectivity index (χ2n) is 11.9. The number of nitrogens with zero attached hydrogens (tertiary/aromatic N) is 2. The Morgan fingerprint density at radius 3 is 2.27 bits per heavy atom. The number of likely N-dealkylation sites (tertiary alicyclic amines) is 1. The van der Waals surface area contributed by atoms with Gasteiger partial charge in [0.1, 0.15) is 5.75 Å². The maximum absolute atomic E-state index is 13.4. The van der Waals surface area contributed by atoms with Crippen LogP contribution in [0, 0.1) is 0 Å². The van der Waals surface area contributed by atoms with Gasteiger partial charge in [0.2, 0.25) is 5.91 Å². The van der Waals surface area contributed by atoms with E-state index in [9.17, 15) is 4.79 Å². The highest BCUT2D eigenvalue weighted by Gasteiger charge is 2.46. The van der Waals surface area contributed by atoms with Gasteiger partial charge in [-0.3, -0.25) is 9.69 Å². The molecule has 3 aromatic rings. The Hall–Kier alpha value is -3.11. The highest BCUT2D eigenvalue weighted by molar-refractivity contribution is 5.96. The fourth-order valence-corrected chi connectivity index (χ4v) is 5.96. The molecule has 0 unspecified atom stereocenters. The van der Waals surface area contributed by atoms with E-state index in [1.165, 1.54) is 22.3 Å². The van der Waals surface area contributed by atoms with Gasteiger partial charge in [0, 0.05) is 30.6 Å². The lowest BCUT2D eigenvalue weighted by Gasteiger charge is -2.40. The van der Waals surface area contributed by atoms with Crippen molar-refractivity contribution in [2.75, 3.05) is 31.6 Å². The molecule has 4 nitrogen and oxygen atoms in total. The largest absolute Gasteiger partial charge is 0.497 e. The number of piperidine rings is 1. The molecular weight excluding hydrogens is 456 g/mol. The molecule has 0 aliphatic carbocycles. The van der Waals surface area contributed by atoms with Crippen LogP contribution in [0.5, 0.6) is 5.75 Å². The summed E-state index contributed by atoms with van der Waals surface area (Å²) in [6.45, 7) is 10.6. The molecule has 0 atom stereocenters. The molecule has 0 bridgehead atoms. The molecule has 1 amide bonds. The number of fused-ring (bicyclic) bond motifs is 2. The first-order chi connectivity index (χ1) is 17.8. The highest BCUT2D eigenvalue weighted by atomic mass is 16.5. The molecule has 0 saturated carbocycles. The van der Waals surface area contributed by atoms with E-state index in [2.05, 4.69) is 79.1 Å². The molecule has 0 aromatic heterocycles. The van der Waals surface area contributed by atoms with Crippen LogP contribution >= 0.6 is 0 Å². The topological polar surface area (TPSA) is 32.8 Å². The number of hydrogen-bond donors (Lipinski definition) is 0. The Morgan fingerprint density at radius 1 is 0.919 bits per heavy atom. The maximum Gasteiger partial charge on any atom is 0.227 e. The minimum Gasteiger partial charge on any atom is -0.497 e. The fourth-order valence-electron chi connectivity index (χ4n) is 5.96. The summed E-state index contributed by atoms with van der Waals surface area (Å²) in [6, 6.07) is 25.7. The van der Waals surface area contributed by atoms with Crippen LogP contribution in [0.15, 0.2) is 72.8 Å². The number of rotatable bonds is 6. The average molecular weight is 497 g/mol. The van der Waals surface area contributed by atoms with Gasteiger partial charge in [-0.25, -0.2) is 0 Å². The predicted molar refractivity (Wildman–Crippen MR) is 151 cm³/mol. The quantitative estimate of drug-likeness (QED) is 0.390. The zero-order chi connectivity index (χ0) is 26.0. The Morgan fingerprint density at radius 2 is 1.62 bits per heavy atom. The van der Waals surface area contributed by atoms with E-state index in [1.54, 1.807) is 7.11 Å². The van der Waals surface area contributed by atoms with Gasteiger partial charge < -0.3 is 9.64 Å². The van der Waals surface area contributed by atoms with Gasteiger partial charge in [0.25, 0.3) is 0 Å². The molecule has 1 fully saturated rings. The Kier molecular flexibility index (Phi) is 7.13. The lowest BCUT2D eigenvalue weighted by Crippen LogP contribution is -2.45. The fraction of sp³-hybridized carbons (Fsp3) is 0.424. The first-order valence-corrected chi connectivity index (χ1v) is 13.6. The van der Waals surface area contributed by atoms with Crippen LogP contribution in [0.1, 0.15) is 62.3 Å². The molecule has 2 heterocycles. The summed E-state index contributed by atoms with van der Waals surface area (Å²) in [5.41, 5.74) is 6.50. The van der Waals surface area contributed by atoms with Crippen LogP contribution in [0.25, 0.3) is 0 Å². The minimum absolute atomic E-state index is 0.00112. The molecule has 3 aromatic carbocycles. The van der Waals surface area contributed by atoms with Crippen LogP contribution < -0.4 is 9.64 Å². The van der Waals surface area contributed by atoms with Crippen molar-refractivity contribution in [1.29, 1.82) is 0 Å². The maximum atomic E-state index is 13.4. The zero-order valence-electron chi connectivity index (χ0n) is 22.8. The Balaban J connectivity index is 1.29. The molecule has 0 N–H and O–H groups in total. The van der Waals surface area contributed by atoms with Crippen molar-refractivity contribution in [2.24, 2.45) is 0 Å². The van der Waals surface area contributed by atoms with Crippen molar-refractivity contribution in [3.8, 4) is 5.75 Å². The van der Waals surface area contributed by atoms with Crippen LogP contribution in [0.4, 0.5) is 5.69 Å². The average Bonchev–Trinajstić information content (AvgIpc) is 3.22. The lowest BCUT2D eigenvalue weighted by atomic mass is 9.74. The minimum atomic E-state index is -0.00112. The van der Waals surface area contributed by atoms with Crippen LogP contribution in [0.3, 0.4) is 0 Å². The molecule has 37 heavy (non-hydrogen) atoms. The van der Waals surface area contributed by atoms with Crippen molar-refractivity contribution < 1.29 is 9.53 Å². The molecule has 1 spiro atoms. The van der Waals surface area contributed by atoms with Crippen LogP contribution in [0.2, 0.25) is 0 Å². The number of hydrogen-bond acceptors (Lipinski definition) is 3. The normalized spacial score (nSPS) is 17.1. The molecular formula is C33H40N2O2. The first-order valence-electron chi connectivity index (χ1n) is 13.6. The third kappa shape index (κ3) is 5.45. The lowest BCUT2D eigenvalue weighted by molar-refractivity contribution is -0.118. The van der Waals surface area contributed by atoms with E-state index in [1.807, 2.05) is 24.3 Å². The summed E-state index contributed by atoms with van der Waals surface area (Å²) in [7, 11) is 1.72. The van der Waals surface area contributed by atoms with E-state index in [4.69, 9.17) is 4.74 Å². The van der Waals surface area contributed by atoms with Gasteiger partial charge in [-0.05, 0) is 78.2 Å². The number of anilines is 1. The number of carbonyl (C=O) groups excluding carboxylic acids is 1. The third-order valence-electron chi connectivity index (χ3n) is 8.34. The van der Waals surface area contributed by atoms with Gasteiger partial charge >= 0.3 is 0 Å². The van der Waals surface area contributed by atoms with Crippen molar-refractivity contribution in [3.05, 3.63) is 95.1 Å². The summed E-state index contributed by atoms with van der Waals surface area (Å²) in [4.78, 5) is 18.1. The van der Waals surface area contributed by atoms with Crippen molar-refractivity contribution in [1.82, 2.24) is 4.90 Å². The zero-order valence-corrected chi connectivity index (χ0v) is 22.8. The van der Waals surface area contributed by atoms with Gasteiger partial charge in [-0.15, -0.1) is 0 Å². The third-order valence-corrected chi connectivity index (χ3v) is 8.34. The number of methoxy groups -OCH3 is 1. The van der Waals surface area contributed by atoms with Crippen LogP contribution in [-0.4, -0.2) is 37.6 Å². The van der Waals surface area contributed by atoms with E-state index >= 15 is 0 Å². The summed E-state index contributed by atoms with van der Waals surface area (Å²) < 4.78 is 5.59. The van der Waals surface area contributed by atoms with E-state index in [0.717, 1.165) is 56.9 Å². The van der Waals surface area contributed by atoms with Crippen molar-refractivity contribution >= 4 is 11.6 Å². The molecule has 2 aliphatic rings. The standard InChI is InChI=1S/C33H40N2O2/c1-32(2,3)27-13-10-26(11-14-27)23-34-20-18-33(19-21-34)24-35(30-16-15-28(37-4)22-29(30)33)31(36)17-12-25-8-6-5-7-9-25/h5-11,13-16,22H,12,17-21,23-24H2,1-4H3. The van der Waals surface area contributed by atoms with Gasteiger partial charge in [-0.2, -0.15) is 0 Å². The van der Waals surface area contributed by atoms with Gasteiger partial charge in [-0.1, -0.05) is 75.4 Å². The first kappa shape index (κ1) is 25.5. The van der Waals surface area contributed by atoms with Crippen LogP contribution in [-0.2, 0) is 28.6 Å². The second kappa shape index (κ2) is 10.3. The second-order valence-corrected chi connectivity index (χ2v) is 11.9. The van der Waals surface area contributed by atoms with E-state index in [0.29, 0.717) is 6.42 Å². The Bertz CT molecular complexity index is 1220. The number of aryl methyl sites for hydroxylation is 1. The van der Waals surface area contributed by atoms with Crippen molar-refractivity contribution in [3.63, 3.8) is 0 Å². The number of ether oxygens (including phenoxy) is 1. The van der Waals surface area contributed by atoms with E-state index < -0.39 is 0 Å². The molecule has 5 rings (SSSR count).